The fourth-order valence-electron chi connectivity index (χ4n) is 1.48. The number of anilines is 1. The zero-order chi connectivity index (χ0) is 13.1. The largest absolute Gasteiger partial charge is 0.389 e. The zero-order valence-electron chi connectivity index (χ0n) is 9.83. The van der Waals surface area contributed by atoms with Crippen molar-refractivity contribution in [1.82, 2.24) is 0 Å². The molecule has 5 heteroatoms. The predicted molar refractivity (Wildman–Crippen MR) is 61.0 cm³/mol. The highest BCUT2D eigenvalue weighted by Crippen LogP contribution is 2.28. The highest BCUT2D eigenvalue weighted by atomic mass is 19.4. The summed E-state index contributed by atoms with van der Waals surface area (Å²) in [5.41, 5.74) is 1.37. The van der Waals surface area contributed by atoms with Crippen molar-refractivity contribution in [2.75, 3.05) is 19.0 Å². The Hall–Kier alpha value is -1.23. The van der Waals surface area contributed by atoms with Crippen LogP contribution in [0.3, 0.4) is 0 Å². The number of nitrogens with zero attached hydrogens (tertiary/aromatic N) is 1. The molecule has 0 aliphatic carbocycles. The van der Waals surface area contributed by atoms with Gasteiger partial charge in [0.15, 0.2) is 0 Å². The summed E-state index contributed by atoms with van der Waals surface area (Å²) in [5.74, 6) is 0. The van der Waals surface area contributed by atoms with Gasteiger partial charge < -0.3 is 10.0 Å². The van der Waals surface area contributed by atoms with Crippen LogP contribution in [0.15, 0.2) is 24.3 Å². The first-order chi connectivity index (χ1) is 7.79. The molecule has 0 saturated heterocycles. The van der Waals surface area contributed by atoms with Crippen LogP contribution in [0, 0.1) is 0 Å². The van der Waals surface area contributed by atoms with Gasteiger partial charge in [-0.1, -0.05) is 12.1 Å². The molecule has 0 aliphatic heterocycles. The number of aliphatic hydroxyl groups is 1. The predicted octanol–water partition coefficient (Wildman–Crippen LogP) is 3.13. The maximum Gasteiger partial charge on any atom is 0.389 e. The molecule has 17 heavy (non-hydrogen) atoms. The summed E-state index contributed by atoms with van der Waals surface area (Å²) in [4.78, 5) is 1.83. The average Bonchev–Trinajstić information content (AvgIpc) is 2.25. The van der Waals surface area contributed by atoms with E-state index in [1.165, 1.54) is 0 Å². The third-order valence-corrected chi connectivity index (χ3v) is 2.47. The normalized spacial score (nSPS) is 13.5. The minimum atomic E-state index is -4.22. The summed E-state index contributed by atoms with van der Waals surface area (Å²) < 4.78 is 36.1. The minimum absolute atomic E-state index is 0.305. The van der Waals surface area contributed by atoms with E-state index in [2.05, 4.69) is 0 Å². The summed E-state index contributed by atoms with van der Waals surface area (Å²) in [7, 11) is 3.67. The van der Waals surface area contributed by atoms with Crippen LogP contribution in [0.25, 0.3) is 0 Å². The van der Waals surface area contributed by atoms with E-state index < -0.39 is 18.7 Å². The molecule has 2 nitrogen and oxygen atoms in total. The molecule has 0 fully saturated rings. The molecule has 0 amide bonds. The fraction of sp³-hybridized carbons (Fsp3) is 0.500. The van der Waals surface area contributed by atoms with Crippen molar-refractivity contribution in [2.45, 2.75) is 25.1 Å². The summed E-state index contributed by atoms with van der Waals surface area (Å²) in [6, 6.07) is 6.89. The van der Waals surface area contributed by atoms with Gasteiger partial charge in [0.05, 0.1) is 6.10 Å². The van der Waals surface area contributed by atoms with Crippen LogP contribution < -0.4 is 4.90 Å². The molecule has 1 aromatic carbocycles. The van der Waals surface area contributed by atoms with Crippen molar-refractivity contribution in [2.24, 2.45) is 0 Å². The van der Waals surface area contributed by atoms with Gasteiger partial charge in [-0.05, 0) is 24.1 Å². The third-order valence-electron chi connectivity index (χ3n) is 2.47. The molecule has 0 bridgehead atoms. The van der Waals surface area contributed by atoms with E-state index in [9.17, 15) is 18.3 Å². The number of halogens is 3. The highest BCUT2D eigenvalue weighted by Gasteiger charge is 2.28. The molecule has 0 saturated carbocycles. The Kier molecular flexibility index (Phi) is 4.40. The van der Waals surface area contributed by atoms with Crippen molar-refractivity contribution in [3.8, 4) is 0 Å². The summed E-state index contributed by atoms with van der Waals surface area (Å²) in [5, 5.41) is 9.67. The third kappa shape index (κ3) is 4.65. The Morgan fingerprint density at radius 3 is 2.47 bits per heavy atom. The van der Waals surface area contributed by atoms with Crippen molar-refractivity contribution in [3.05, 3.63) is 29.8 Å². The molecule has 1 rings (SSSR count). The van der Waals surface area contributed by atoms with Crippen LogP contribution in [-0.4, -0.2) is 25.4 Å². The molecule has 1 unspecified atom stereocenters. The van der Waals surface area contributed by atoms with Crippen LogP contribution in [0.1, 0.15) is 24.5 Å². The molecule has 1 N–H and O–H groups in total. The van der Waals surface area contributed by atoms with Crippen LogP contribution in [0.2, 0.25) is 0 Å². The molecular weight excluding hydrogens is 231 g/mol. The van der Waals surface area contributed by atoms with Gasteiger partial charge >= 0.3 is 6.18 Å². The second-order valence-corrected chi connectivity index (χ2v) is 4.16. The van der Waals surface area contributed by atoms with E-state index >= 15 is 0 Å². The molecule has 96 valence electrons. The van der Waals surface area contributed by atoms with Crippen LogP contribution in [0.5, 0.6) is 0 Å². The Balaban J connectivity index is 2.69. The van der Waals surface area contributed by atoms with Crippen molar-refractivity contribution >= 4 is 5.69 Å². The lowest BCUT2D eigenvalue weighted by molar-refractivity contribution is -0.140. The van der Waals surface area contributed by atoms with Gasteiger partial charge in [0.2, 0.25) is 0 Å². The number of benzene rings is 1. The summed E-state index contributed by atoms with van der Waals surface area (Å²) in [6.45, 7) is 0. The quantitative estimate of drug-likeness (QED) is 0.883. The van der Waals surface area contributed by atoms with Crippen LogP contribution in [0.4, 0.5) is 18.9 Å². The maximum atomic E-state index is 12.0. The molecule has 0 aromatic heterocycles. The van der Waals surface area contributed by atoms with E-state index in [0.717, 1.165) is 5.69 Å². The smallest absolute Gasteiger partial charge is 0.388 e. The first-order valence-corrected chi connectivity index (χ1v) is 5.32. The lowest BCUT2D eigenvalue weighted by Gasteiger charge is -2.17. The summed E-state index contributed by atoms with van der Waals surface area (Å²) in [6.07, 6.45) is -6.57. The van der Waals surface area contributed by atoms with Crippen molar-refractivity contribution < 1.29 is 18.3 Å². The first-order valence-electron chi connectivity index (χ1n) is 5.32. The highest BCUT2D eigenvalue weighted by molar-refractivity contribution is 5.47. The van der Waals surface area contributed by atoms with Crippen LogP contribution >= 0.6 is 0 Å². The lowest BCUT2D eigenvalue weighted by atomic mass is 10.0. The van der Waals surface area contributed by atoms with Gasteiger partial charge in [0.1, 0.15) is 0 Å². The van der Waals surface area contributed by atoms with E-state index in [1.54, 1.807) is 18.2 Å². The molecule has 0 radical (unpaired) electrons. The molecule has 1 atom stereocenters. The minimum Gasteiger partial charge on any atom is -0.388 e. The molecule has 1 aromatic rings. The number of rotatable bonds is 4. The van der Waals surface area contributed by atoms with E-state index in [1.807, 2.05) is 25.1 Å². The van der Waals surface area contributed by atoms with Crippen molar-refractivity contribution in [3.63, 3.8) is 0 Å². The van der Waals surface area contributed by atoms with E-state index in [4.69, 9.17) is 0 Å². The molecule has 0 spiro atoms. The van der Waals surface area contributed by atoms with Gasteiger partial charge in [-0.25, -0.2) is 0 Å². The second kappa shape index (κ2) is 5.40. The van der Waals surface area contributed by atoms with Gasteiger partial charge in [-0.3, -0.25) is 0 Å². The lowest BCUT2D eigenvalue weighted by Crippen LogP contribution is -2.11. The van der Waals surface area contributed by atoms with E-state index in [-0.39, 0.29) is 6.42 Å². The average molecular weight is 247 g/mol. The first kappa shape index (κ1) is 13.8. The monoisotopic (exact) mass is 247 g/mol. The molecule has 0 aliphatic rings. The topological polar surface area (TPSA) is 23.5 Å². The van der Waals surface area contributed by atoms with Gasteiger partial charge in [-0.15, -0.1) is 0 Å². The number of alkyl halides is 3. The fourth-order valence-corrected chi connectivity index (χ4v) is 1.48. The van der Waals surface area contributed by atoms with Gasteiger partial charge in [0.25, 0.3) is 0 Å². The Labute approximate surface area is 98.7 Å². The standard InChI is InChI=1S/C12H16F3NO/c1-16(2)10-5-3-4-9(8-10)11(17)6-7-12(13,14)15/h3-5,8,11,17H,6-7H2,1-2H3. The molecule has 0 heterocycles. The van der Waals surface area contributed by atoms with Crippen molar-refractivity contribution in [1.29, 1.82) is 0 Å². The molecular formula is C12H16F3NO. The summed E-state index contributed by atoms with van der Waals surface area (Å²) >= 11 is 0. The maximum absolute atomic E-state index is 12.0. The van der Waals surface area contributed by atoms with Gasteiger partial charge in [-0.2, -0.15) is 13.2 Å². The Morgan fingerprint density at radius 1 is 1.29 bits per heavy atom. The number of hydrogen-bond donors (Lipinski definition) is 1. The SMILES string of the molecule is CN(C)c1cccc(C(O)CCC(F)(F)F)c1. The van der Waals surface area contributed by atoms with Gasteiger partial charge in [0, 0.05) is 26.2 Å². The second-order valence-electron chi connectivity index (χ2n) is 4.16. The van der Waals surface area contributed by atoms with E-state index in [0.29, 0.717) is 5.56 Å². The Bertz CT molecular complexity index is 363. The number of hydrogen-bond acceptors (Lipinski definition) is 2. The zero-order valence-corrected chi connectivity index (χ0v) is 9.83. The number of aliphatic hydroxyl groups excluding tert-OH is 1. The van der Waals surface area contributed by atoms with Crippen LogP contribution in [-0.2, 0) is 0 Å². The Morgan fingerprint density at radius 2 is 1.94 bits per heavy atom.